The molecule has 1 aliphatic carbocycles. The fraction of sp³-hybridized carbons (Fsp3) is 0.375. The molecule has 2 fully saturated rings. The molecule has 0 atom stereocenters. The van der Waals surface area contributed by atoms with E-state index in [9.17, 15) is 14.4 Å². The van der Waals surface area contributed by atoms with Gasteiger partial charge in [0.1, 0.15) is 11.3 Å². The molecule has 0 unspecified atom stereocenters. The average Bonchev–Trinajstić information content (AvgIpc) is 3.33. The molecule has 31 heavy (non-hydrogen) atoms. The highest BCUT2D eigenvalue weighted by molar-refractivity contribution is 6.39. The van der Waals surface area contributed by atoms with E-state index in [1.54, 1.807) is 30.3 Å². The molecule has 1 N–H and O–H groups in total. The van der Waals surface area contributed by atoms with Crippen molar-refractivity contribution in [3.8, 4) is 5.75 Å². The molecule has 0 radical (unpaired) electrons. The zero-order valence-electron chi connectivity index (χ0n) is 18.1. The summed E-state index contributed by atoms with van der Waals surface area (Å²) in [5.74, 6) is -0.783. The van der Waals surface area contributed by atoms with E-state index in [2.05, 4.69) is 9.88 Å². The Kier molecular flexibility index (Phi) is 5.67. The van der Waals surface area contributed by atoms with Gasteiger partial charge in [-0.25, -0.2) is 9.69 Å². The Bertz CT molecular complexity index is 1080. The molecule has 7 heteroatoms. The van der Waals surface area contributed by atoms with Crippen molar-refractivity contribution in [2.45, 2.75) is 52.5 Å². The van der Waals surface area contributed by atoms with Crippen LogP contribution in [0.4, 0.5) is 10.5 Å². The van der Waals surface area contributed by atoms with Crippen molar-refractivity contribution >= 4 is 29.6 Å². The number of aryl methyl sites for hydroxylation is 1. The molecule has 2 heterocycles. The molecule has 2 aromatic rings. The van der Waals surface area contributed by atoms with Crippen molar-refractivity contribution in [2.24, 2.45) is 0 Å². The number of anilines is 1. The summed E-state index contributed by atoms with van der Waals surface area (Å²) in [6.45, 7) is 6.37. The fourth-order valence-electron chi connectivity index (χ4n) is 4.60. The van der Waals surface area contributed by atoms with Gasteiger partial charge in [-0.1, -0.05) is 18.9 Å². The summed E-state index contributed by atoms with van der Waals surface area (Å²) < 4.78 is 7.78. The van der Waals surface area contributed by atoms with Crippen molar-refractivity contribution in [3.05, 3.63) is 52.9 Å². The number of barbiturate groups is 1. The van der Waals surface area contributed by atoms with E-state index in [1.807, 2.05) is 26.8 Å². The number of hydrogen-bond acceptors (Lipinski definition) is 4. The van der Waals surface area contributed by atoms with E-state index in [0.29, 0.717) is 24.1 Å². The number of ether oxygens (including phenoxy) is 1. The van der Waals surface area contributed by atoms with Gasteiger partial charge in [0.2, 0.25) is 0 Å². The summed E-state index contributed by atoms with van der Waals surface area (Å²) in [6, 6.07) is 8.39. The van der Waals surface area contributed by atoms with E-state index in [0.717, 1.165) is 34.7 Å². The highest BCUT2D eigenvalue weighted by Gasteiger charge is 2.37. The molecule has 0 bridgehead atoms. The Labute approximate surface area is 181 Å². The highest BCUT2D eigenvalue weighted by Crippen LogP contribution is 2.34. The topological polar surface area (TPSA) is 80.6 Å². The van der Waals surface area contributed by atoms with E-state index in [1.165, 1.54) is 12.8 Å². The molecule has 1 aromatic carbocycles. The molecule has 2 aliphatic rings. The van der Waals surface area contributed by atoms with Crippen LogP contribution in [0.15, 0.2) is 35.9 Å². The molecule has 1 aromatic heterocycles. The lowest BCUT2D eigenvalue weighted by Gasteiger charge is -2.26. The number of amides is 4. The van der Waals surface area contributed by atoms with Gasteiger partial charge < -0.3 is 9.30 Å². The third kappa shape index (κ3) is 3.87. The molecule has 1 saturated carbocycles. The number of aromatic nitrogens is 1. The summed E-state index contributed by atoms with van der Waals surface area (Å²) in [7, 11) is 0. The number of carbonyl (C=O) groups excluding carboxylic acids is 3. The first-order chi connectivity index (χ1) is 14.9. The number of carbonyl (C=O) groups is 3. The Balaban J connectivity index is 1.70. The van der Waals surface area contributed by atoms with Gasteiger partial charge in [-0.15, -0.1) is 0 Å². The first kappa shape index (κ1) is 20.9. The fourth-order valence-corrected chi connectivity index (χ4v) is 4.60. The summed E-state index contributed by atoms with van der Waals surface area (Å²) >= 11 is 0. The summed E-state index contributed by atoms with van der Waals surface area (Å²) in [6.07, 6.45) is 6.32. The van der Waals surface area contributed by atoms with E-state index in [4.69, 9.17) is 4.74 Å². The van der Waals surface area contributed by atoms with Crippen LogP contribution in [-0.2, 0) is 9.59 Å². The maximum atomic E-state index is 13.2. The van der Waals surface area contributed by atoms with Crippen LogP contribution in [0.25, 0.3) is 6.08 Å². The summed E-state index contributed by atoms with van der Waals surface area (Å²) in [5, 5.41) is 2.29. The molecule has 0 spiro atoms. The van der Waals surface area contributed by atoms with Crippen molar-refractivity contribution in [1.29, 1.82) is 0 Å². The van der Waals surface area contributed by atoms with E-state index < -0.39 is 17.8 Å². The van der Waals surface area contributed by atoms with Gasteiger partial charge >= 0.3 is 6.03 Å². The quantitative estimate of drug-likeness (QED) is 0.577. The first-order valence-corrected chi connectivity index (χ1v) is 10.7. The minimum absolute atomic E-state index is 0.0620. The Morgan fingerprint density at radius 1 is 1.13 bits per heavy atom. The predicted octanol–water partition coefficient (Wildman–Crippen LogP) is 4.29. The second-order valence-electron chi connectivity index (χ2n) is 8.02. The third-order valence-corrected chi connectivity index (χ3v) is 6.00. The van der Waals surface area contributed by atoms with Crippen LogP contribution >= 0.6 is 0 Å². The van der Waals surface area contributed by atoms with Crippen molar-refractivity contribution in [2.75, 3.05) is 11.5 Å². The lowest BCUT2D eigenvalue weighted by molar-refractivity contribution is -0.122. The van der Waals surface area contributed by atoms with Gasteiger partial charge in [-0.3, -0.25) is 14.9 Å². The van der Waals surface area contributed by atoms with Crippen LogP contribution in [0, 0.1) is 13.8 Å². The largest absolute Gasteiger partial charge is 0.494 e. The van der Waals surface area contributed by atoms with Crippen molar-refractivity contribution in [3.63, 3.8) is 0 Å². The minimum atomic E-state index is -0.766. The van der Waals surface area contributed by atoms with Gasteiger partial charge in [0.25, 0.3) is 11.8 Å². The first-order valence-electron chi connectivity index (χ1n) is 10.7. The van der Waals surface area contributed by atoms with Gasteiger partial charge in [0.15, 0.2) is 0 Å². The van der Waals surface area contributed by atoms with Crippen LogP contribution < -0.4 is 15.0 Å². The predicted molar refractivity (Wildman–Crippen MR) is 118 cm³/mol. The normalized spacial score (nSPS) is 18.7. The maximum absolute atomic E-state index is 13.2. The monoisotopic (exact) mass is 421 g/mol. The van der Waals surface area contributed by atoms with Gasteiger partial charge in [0.05, 0.1) is 12.3 Å². The van der Waals surface area contributed by atoms with Crippen LogP contribution in [0.1, 0.15) is 55.6 Å². The molecule has 7 nitrogen and oxygen atoms in total. The lowest BCUT2D eigenvalue weighted by Crippen LogP contribution is -2.54. The Hall–Kier alpha value is -3.35. The van der Waals surface area contributed by atoms with Gasteiger partial charge in [-0.05, 0) is 63.5 Å². The minimum Gasteiger partial charge on any atom is -0.494 e. The van der Waals surface area contributed by atoms with Crippen LogP contribution in [0.2, 0.25) is 0 Å². The zero-order valence-corrected chi connectivity index (χ0v) is 18.1. The van der Waals surface area contributed by atoms with Crippen LogP contribution in [0.3, 0.4) is 0 Å². The number of benzene rings is 1. The Morgan fingerprint density at radius 3 is 2.58 bits per heavy atom. The van der Waals surface area contributed by atoms with Crippen LogP contribution in [-0.4, -0.2) is 29.0 Å². The smallest absolute Gasteiger partial charge is 0.335 e. The lowest BCUT2D eigenvalue weighted by atomic mass is 10.1. The molecular formula is C24H27N3O4. The number of hydrogen-bond donors (Lipinski definition) is 1. The zero-order chi connectivity index (χ0) is 22.1. The molecular weight excluding hydrogens is 394 g/mol. The van der Waals surface area contributed by atoms with Gasteiger partial charge in [0, 0.05) is 23.5 Å². The summed E-state index contributed by atoms with van der Waals surface area (Å²) in [4.78, 5) is 39.2. The number of rotatable bonds is 5. The third-order valence-electron chi connectivity index (χ3n) is 6.00. The molecule has 1 saturated heterocycles. The van der Waals surface area contributed by atoms with Crippen molar-refractivity contribution < 1.29 is 19.1 Å². The number of urea groups is 1. The van der Waals surface area contributed by atoms with Gasteiger partial charge in [-0.2, -0.15) is 0 Å². The SMILES string of the molecule is CCOc1cccc(N2C(=O)NC(=O)/C(=C\c3cc(C)n(C4CCCC4)c3C)C2=O)c1. The average molecular weight is 421 g/mol. The van der Waals surface area contributed by atoms with E-state index in [-0.39, 0.29) is 5.57 Å². The number of imide groups is 2. The Morgan fingerprint density at radius 2 is 1.87 bits per heavy atom. The van der Waals surface area contributed by atoms with Crippen LogP contribution in [0.5, 0.6) is 5.75 Å². The molecule has 4 amide bonds. The highest BCUT2D eigenvalue weighted by atomic mass is 16.5. The number of nitrogens with zero attached hydrogens (tertiary/aromatic N) is 2. The second kappa shape index (κ2) is 8.41. The standard InChI is InChI=1S/C24H27N3O4/c1-4-31-20-11-7-10-19(14-20)27-23(29)21(22(28)25-24(27)30)13-17-12-15(2)26(16(17)3)18-8-5-6-9-18/h7,10-14,18H,4-6,8-9H2,1-3H3,(H,25,28,30)/b21-13+. The molecule has 1 aliphatic heterocycles. The van der Waals surface area contributed by atoms with Crippen molar-refractivity contribution in [1.82, 2.24) is 9.88 Å². The second-order valence-corrected chi connectivity index (χ2v) is 8.02. The molecule has 4 rings (SSSR count). The molecule has 162 valence electrons. The van der Waals surface area contributed by atoms with E-state index >= 15 is 0 Å². The maximum Gasteiger partial charge on any atom is 0.335 e. The number of nitrogens with one attached hydrogen (secondary N) is 1. The summed E-state index contributed by atoms with van der Waals surface area (Å²) in [5.41, 5.74) is 3.24.